The number of halogens is 1. The molecule has 1 aromatic carbocycles. The zero-order chi connectivity index (χ0) is 14.9. The molecule has 5 heteroatoms. The summed E-state index contributed by atoms with van der Waals surface area (Å²) in [7, 11) is -3.05. The minimum atomic E-state index is -3.05. The molecule has 0 saturated carbocycles. The number of para-hydroxylation sites is 1. The third kappa shape index (κ3) is 3.22. The lowest BCUT2D eigenvalue weighted by atomic mass is 10.1. The zero-order valence-electron chi connectivity index (χ0n) is 11.7. The van der Waals surface area contributed by atoms with Crippen molar-refractivity contribution in [1.29, 1.82) is 0 Å². The molecule has 2 unspecified atom stereocenters. The summed E-state index contributed by atoms with van der Waals surface area (Å²) in [5.41, 5.74) is 1.78. The van der Waals surface area contributed by atoms with Gasteiger partial charge in [0.1, 0.15) is 0 Å². The molecule has 0 N–H and O–H groups in total. The van der Waals surface area contributed by atoms with Crippen LogP contribution in [0.15, 0.2) is 36.4 Å². The highest BCUT2D eigenvalue weighted by Gasteiger charge is 2.34. The van der Waals surface area contributed by atoms with Gasteiger partial charge in [0, 0.05) is 17.5 Å². The molecule has 3 nitrogen and oxygen atoms in total. The van der Waals surface area contributed by atoms with E-state index in [4.69, 9.17) is 11.6 Å². The van der Waals surface area contributed by atoms with Gasteiger partial charge in [-0.25, -0.2) is 8.42 Å². The Balaban J connectivity index is 1.81. The summed E-state index contributed by atoms with van der Waals surface area (Å²) in [6.07, 6.45) is 2.87. The second-order valence-electron chi connectivity index (χ2n) is 5.62. The van der Waals surface area contributed by atoms with Gasteiger partial charge in [-0.2, -0.15) is 0 Å². The third-order valence-corrected chi connectivity index (χ3v) is 7.04. The van der Waals surface area contributed by atoms with Crippen LogP contribution in [0.25, 0.3) is 10.9 Å². The highest BCUT2D eigenvalue weighted by molar-refractivity contribution is 7.92. The molecule has 0 radical (unpaired) electrons. The van der Waals surface area contributed by atoms with Crippen LogP contribution in [0.4, 0.5) is 0 Å². The monoisotopic (exact) mass is 323 g/mol. The molecule has 0 spiro atoms. The number of pyridine rings is 1. The quantitative estimate of drug-likeness (QED) is 0.814. The van der Waals surface area contributed by atoms with Gasteiger partial charge < -0.3 is 0 Å². The van der Waals surface area contributed by atoms with E-state index in [1.165, 1.54) is 0 Å². The molecule has 2 heterocycles. The van der Waals surface area contributed by atoms with Crippen LogP contribution < -0.4 is 0 Å². The van der Waals surface area contributed by atoms with Crippen LogP contribution >= 0.6 is 11.6 Å². The fourth-order valence-electron chi connectivity index (χ4n) is 2.94. The number of nitrogens with zero attached hydrogens (tertiary/aromatic N) is 1. The van der Waals surface area contributed by atoms with E-state index in [-0.39, 0.29) is 5.75 Å². The van der Waals surface area contributed by atoms with E-state index in [0.29, 0.717) is 12.8 Å². The molecule has 1 aromatic heterocycles. The SMILES string of the molecule is O=S1(=O)CCCCC1C(Cl)Cc1ccc2ccccc2n1. The summed E-state index contributed by atoms with van der Waals surface area (Å²) in [6.45, 7) is 0. The number of alkyl halides is 1. The number of benzene rings is 1. The van der Waals surface area contributed by atoms with Crippen LogP contribution in [0.1, 0.15) is 25.0 Å². The van der Waals surface area contributed by atoms with E-state index in [2.05, 4.69) is 4.98 Å². The maximum atomic E-state index is 12.1. The maximum absolute atomic E-state index is 12.1. The molecule has 2 aromatic rings. The maximum Gasteiger partial charge on any atom is 0.154 e. The third-order valence-electron chi connectivity index (χ3n) is 4.09. The summed E-state index contributed by atoms with van der Waals surface area (Å²) >= 11 is 6.41. The van der Waals surface area contributed by atoms with Gasteiger partial charge in [0.15, 0.2) is 9.84 Å². The fourth-order valence-corrected chi connectivity index (χ4v) is 5.67. The molecule has 0 bridgehead atoms. The van der Waals surface area contributed by atoms with Crippen LogP contribution in [-0.2, 0) is 16.3 Å². The minimum absolute atomic E-state index is 0.270. The van der Waals surface area contributed by atoms with Crippen LogP contribution in [0.2, 0.25) is 0 Å². The van der Waals surface area contributed by atoms with Crippen molar-refractivity contribution in [3.63, 3.8) is 0 Å². The summed E-state index contributed by atoms with van der Waals surface area (Å²) in [6, 6.07) is 11.8. The van der Waals surface area contributed by atoms with E-state index in [1.807, 2.05) is 36.4 Å². The number of hydrogen-bond donors (Lipinski definition) is 0. The van der Waals surface area contributed by atoms with Crippen molar-refractivity contribution in [2.24, 2.45) is 0 Å². The first-order valence-electron chi connectivity index (χ1n) is 7.26. The van der Waals surface area contributed by atoms with Crippen molar-refractivity contribution in [3.8, 4) is 0 Å². The molecular formula is C16H18ClNO2S. The van der Waals surface area contributed by atoms with Gasteiger partial charge >= 0.3 is 0 Å². The Morgan fingerprint density at radius 2 is 2.00 bits per heavy atom. The lowest BCUT2D eigenvalue weighted by molar-refractivity contribution is 0.528. The van der Waals surface area contributed by atoms with Gasteiger partial charge in [0.05, 0.1) is 21.9 Å². The van der Waals surface area contributed by atoms with Gasteiger partial charge in [-0.15, -0.1) is 11.6 Å². The Bertz CT molecular complexity index is 745. The standard InChI is InChI=1S/C16H18ClNO2S/c17-14(16-7-3-4-10-21(16,19)20)11-13-9-8-12-5-1-2-6-15(12)18-13/h1-2,5-6,8-9,14,16H,3-4,7,10-11H2. The van der Waals surface area contributed by atoms with Crippen molar-refractivity contribution in [2.75, 3.05) is 5.75 Å². The molecule has 1 fully saturated rings. The van der Waals surface area contributed by atoms with Crippen molar-refractivity contribution >= 4 is 32.3 Å². The Kier molecular flexibility index (Phi) is 4.18. The molecule has 0 aliphatic carbocycles. The first-order valence-corrected chi connectivity index (χ1v) is 9.42. The topological polar surface area (TPSA) is 47.0 Å². The molecule has 0 amide bonds. The molecule has 2 atom stereocenters. The summed E-state index contributed by atoms with van der Waals surface area (Å²) in [5.74, 6) is 0.270. The van der Waals surface area contributed by atoms with Gasteiger partial charge in [0.2, 0.25) is 0 Å². The minimum Gasteiger partial charge on any atom is -0.253 e. The average molecular weight is 324 g/mol. The van der Waals surface area contributed by atoms with Gasteiger partial charge in [0.25, 0.3) is 0 Å². The first-order chi connectivity index (χ1) is 10.1. The number of fused-ring (bicyclic) bond motifs is 1. The van der Waals surface area contributed by atoms with Crippen LogP contribution in [-0.4, -0.2) is 29.8 Å². The van der Waals surface area contributed by atoms with E-state index in [0.717, 1.165) is 29.4 Å². The smallest absolute Gasteiger partial charge is 0.154 e. The van der Waals surface area contributed by atoms with Crippen molar-refractivity contribution < 1.29 is 8.42 Å². The number of aromatic nitrogens is 1. The van der Waals surface area contributed by atoms with Crippen LogP contribution in [0.5, 0.6) is 0 Å². The lowest BCUT2D eigenvalue weighted by Gasteiger charge is -2.26. The van der Waals surface area contributed by atoms with Crippen LogP contribution in [0, 0.1) is 0 Å². The highest BCUT2D eigenvalue weighted by Crippen LogP contribution is 2.27. The number of hydrogen-bond acceptors (Lipinski definition) is 3. The van der Waals surface area contributed by atoms with Crippen molar-refractivity contribution in [2.45, 2.75) is 36.3 Å². The highest BCUT2D eigenvalue weighted by atomic mass is 35.5. The van der Waals surface area contributed by atoms with E-state index < -0.39 is 20.5 Å². The Morgan fingerprint density at radius 3 is 2.81 bits per heavy atom. The number of sulfone groups is 1. The van der Waals surface area contributed by atoms with Gasteiger partial charge in [-0.1, -0.05) is 30.7 Å². The zero-order valence-corrected chi connectivity index (χ0v) is 13.3. The van der Waals surface area contributed by atoms with Gasteiger partial charge in [-0.3, -0.25) is 4.98 Å². The molecule has 1 aliphatic rings. The second-order valence-corrected chi connectivity index (χ2v) is 8.52. The molecule has 112 valence electrons. The van der Waals surface area contributed by atoms with Crippen molar-refractivity contribution in [3.05, 3.63) is 42.1 Å². The van der Waals surface area contributed by atoms with Crippen molar-refractivity contribution in [1.82, 2.24) is 4.98 Å². The predicted molar refractivity (Wildman–Crippen MR) is 86.5 cm³/mol. The number of rotatable bonds is 3. The lowest BCUT2D eigenvalue weighted by Crippen LogP contribution is -2.36. The summed E-state index contributed by atoms with van der Waals surface area (Å²) < 4.78 is 24.2. The summed E-state index contributed by atoms with van der Waals surface area (Å²) in [4.78, 5) is 4.58. The van der Waals surface area contributed by atoms with E-state index in [9.17, 15) is 8.42 Å². The largest absolute Gasteiger partial charge is 0.253 e. The molecule has 1 aliphatic heterocycles. The second kappa shape index (κ2) is 5.93. The Labute approximate surface area is 130 Å². The molecule has 3 rings (SSSR count). The average Bonchev–Trinajstić information content (AvgIpc) is 2.46. The van der Waals surface area contributed by atoms with Crippen LogP contribution in [0.3, 0.4) is 0 Å². The first kappa shape index (κ1) is 14.8. The normalized spacial score (nSPS) is 23.0. The molecule has 21 heavy (non-hydrogen) atoms. The Hall–Kier alpha value is -1.13. The van der Waals surface area contributed by atoms with Gasteiger partial charge in [-0.05, 0) is 25.0 Å². The summed E-state index contributed by atoms with van der Waals surface area (Å²) in [5, 5.41) is 0.253. The molecular weight excluding hydrogens is 306 g/mol. The molecule has 1 saturated heterocycles. The van der Waals surface area contributed by atoms with E-state index in [1.54, 1.807) is 0 Å². The van der Waals surface area contributed by atoms with E-state index >= 15 is 0 Å². The fraction of sp³-hybridized carbons (Fsp3) is 0.438. The Morgan fingerprint density at radius 1 is 1.19 bits per heavy atom. The predicted octanol–water partition coefficient (Wildman–Crippen LogP) is 3.35.